The van der Waals surface area contributed by atoms with Crippen molar-refractivity contribution in [1.82, 2.24) is 24.8 Å². The van der Waals surface area contributed by atoms with Crippen LogP contribution in [0, 0.1) is 0 Å². The van der Waals surface area contributed by atoms with Crippen molar-refractivity contribution in [1.29, 1.82) is 0 Å². The van der Waals surface area contributed by atoms with Gasteiger partial charge in [-0.25, -0.2) is 9.31 Å². The number of nitrogens with zero attached hydrogens (tertiary/aromatic N) is 5. The number of nitrogens with one attached hydrogen (secondary N) is 2. The summed E-state index contributed by atoms with van der Waals surface area (Å²) in [6, 6.07) is 5.17. The van der Waals surface area contributed by atoms with Gasteiger partial charge in [-0.1, -0.05) is 0 Å². The zero-order valence-electron chi connectivity index (χ0n) is 16.1. The molecule has 2 aliphatic rings. The summed E-state index contributed by atoms with van der Waals surface area (Å²) in [5.41, 5.74) is 1.91. The molecule has 0 bridgehead atoms. The number of H-pyrrole nitrogens is 1. The summed E-state index contributed by atoms with van der Waals surface area (Å²) in [7, 11) is 0. The Morgan fingerprint density at radius 1 is 1.45 bits per heavy atom. The smallest absolute Gasteiger partial charge is 0.328 e. The van der Waals surface area contributed by atoms with Crippen LogP contribution in [0.15, 0.2) is 24.4 Å². The highest BCUT2D eigenvalue weighted by Crippen LogP contribution is 2.39. The molecular formula is C19H23N7O3. The molecular weight excluding hydrogens is 374 g/mol. The molecule has 10 nitrogen and oxygen atoms in total. The van der Waals surface area contributed by atoms with Crippen LogP contribution in [-0.4, -0.2) is 61.2 Å². The summed E-state index contributed by atoms with van der Waals surface area (Å²) in [5, 5.41) is 25.4. The van der Waals surface area contributed by atoms with Gasteiger partial charge < -0.3 is 20.1 Å². The van der Waals surface area contributed by atoms with Gasteiger partial charge in [0.2, 0.25) is 5.95 Å². The molecule has 1 aliphatic carbocycles. The molecule has 3 aromatic rings. The lowest BCUT2D eigenvalue weighted by Crippen LogP contribution is -2.38. The number of rotatable bonds is 6. The van der Waals surface area contributed by atoms with Crippen molar-refractivity contribution < 1.29 is 14.6 Å². The van der Waals surface area contributed by atoms with E-state index in [0.29, 0.717) is 29.9 Å². The molecule has 1 saturated carbocycles. The van der Waals surface area contributed by atoms with Crippen molar-refractivity contribution in [3.05, 3.63) is 30.1 Å². The number of fused-ring (bicyclic) bond motifs is 1. The molecule has 0 amide bonds. The predicted molar refractivity (Wildman–Crippen MR) is 105 cm³/mol. The molecule has 1 aliphatic heterocycles. The minimum Gasteiger partial charge on any atom is -0.464 e. The summed E-state index contributed by atoms with van der Waals surface area (Å²) in [4.78, 5) is 18.7. The number of aromatic nitrogens is 5. The Morgan fingerprint density at radius 3 is 3.10 bits per heavy atom. The fraction of sp³-hybridized carbons (Fsp3) is 0.474. The van der Waals surface area contributed by atoms with Gasteiger partial charge in [0.15, 0.2) is 11.6 Å². The van der Waals surface area contributed by atoms with Gasteiger partial charge in [0.1, 0.15) is 11.6 Å². The van der Waals surface area contributed by atoms with E-state index in [9.17, 15) is 9.90 Å². The Morgan fingerprint density at radius 2 is 2.31 bits per heavy atom. The minimum atomic E-state index is -0.641. The van der Waals surface area contributed by atoms with Crippen molar-refractivity contribution in [2.45, 2.75) is 44.2 Å². The highest BCUT2D eigenvalue weighted by molar-refractivity contribution is 5.81. The largest absolute Gasteiger partial charge is 0.464 e. The van der Waals surface area contributed by atoms with E-state index in [1.807, 2.05) is 24.4 Å². The molecule has 0 unspecified atom stereocenters. The summed E-state index contributed by atoms with van der Waals surface area (Å²) in [6.45, 7) is 2.31. The standard InChI is InChI=1S/C19H23N7O3/c1-2-29-18(28)15-8-12(27)10-25(15)19-21-17(14-4-3-7-26(14)24-19)20-16-9-13(22-23-16)11-5-6-11/h3-4,7,9,11-12,15,27H,2,5-6,8,10H2,1H3,(H2,20,21,22,23,24)/t12-,15-/m0/s1. The number of esters is 1. The maximum Gasteiger partial charge on any atom is 0.328 e. The van der Waals surface area contributed by atoms with Crippen molar-refractivity contribution >= 4 is 29.1 Å². The topological polar surface area (TPSA) is 121 Å². The molecule has 2 fully saturated rings. The fourth-order valence-corrected chi connectivity index (χ4v) is 3.76. The van der Waals surface area contributed by atoms with Crippen LogP contribution < -0.4 is 10.2 Å². The third-order valence-electron chi connectivity index (χ3n) is 5.34. The molecule has 5 rings (SSSR count). The molecule has 0 aromatic carbocycles. The highest BCUT2D eigenvalue weighted by Gasteiger charge is 2.39. The summed E-state index contributed by atoms with van der Waals surface area (Å²) in [5.74, 6) is 1.81. The number of carbonyl (C=O) groups is 1. The number of ether oxygens (including phenoxy) is 1. The molecule has 3 N–H and O–H groups in total. The Kier molecular flexibility index (Phi) is 4.35. The van der Waals surface area contributed by atoms with Gasteiger partial charge in [-0.05, 0) is 31.9 Å². The van der Waals surface area contributed by atoms with E-state index in [-0.39, 0.29) is 19.1 Å². The van der Waals surface area contributed by atoms with Crippen LogP contribution in [0.2, 0.25) is 0 Å². The third-order valence-corrected chi connectivity index (χ3v) is 5.34. The maximum absolute atomic E-state index is 12.4. The number of carbonyl (C=O) groups excluding carboxylic acids is 1. The SMILES string of the molecule is CCOC(=O)[C@@H]1C[C@H](O)CN1c1nc(Nc2cc(C3CC3)[nH]n2)c2cccn2n1. The first kappa shape index (κ1) is 17.9. The van der Waals surface area contributed by atoms with Crippen molar-refractivity contribution in [3.8, 4) is 0 Å². The number of aromatic amines is 1. The molecule has 0 spiro atoms. The number of β-amino-alcohol motifs (C(OH)–C–C–N with tert-alkyl or cyclic N) is 1. The van der Waals surface area contributed by atoms with Crippen LogP contribution in [0.4, 0.5) is 17.6 Å². The zero-order chi connectivity index (χ0) is 20.0. The molecule has 10 heteroatoms. The highest BCUT2D eigenvalue weighted by atomic mass is 16.5. The van der Waals surface area contributed by atoms with Gasteiger partial charge in [0.25, 0.3) is 0 Å². The second-order valence-electron chi connectivity index (χ2n) is 7.52. The third kappa shape index (κ3) is 3.39. The van der Waals surface area contributed by atoms with Crippen LogP contribution in [0.3, 0.4) is 0 Å². The maximum atomic E-state index is 12.4. The number of hydrogen-bond acceptors (Lipinski definition) is 8. The second-order valence-corrected chi connectivity index (χ2v) is 7.52. The number of anilines is 3. The summed E-state index contributed by atoms with van der Waals surface area (Å²) >= 11 is 0. The van der Waals surface area contributed by atoms with Crippen LogP contribution >= 0.6 is 0 Å². The van der Waals surface area contributed by atoms with Crippen LogP contribution in [-0.2, 0) is 9.53 Å². The van der Waals surface area contributed by atoms with E-state index < -0.39 is 12.1 Å². The van der Waals surface area contributed by atoms with Gasteiger partial charge in [0.05, 0.1) is 12.7 Å². The lowest BCUT2D eigenvalue weighted by Gasteiger charge is -2.23. The molecule has 1 saturated heterocycles. The Bertz CT molecular complexity index is 1040. The first-order valence-corrected chi connectivity index (χ1v) is 9.91. The van der Waals surface area contributed by atoms with E-state index in [1.165, 1.54) is 12.8 Å². The van der Waals surface area contributed by atoms with E-state index in [1.54, 1.807) is 16.3 Å². The van der Waals surface area contributed by atoms with Crippen LogP contribution in [0.25, 0.3) is 5.52 Å². The summed E-state index contributed by atoms with van der Waals surface area (Å²) < 4.78 is 6.87. The van der Waals surface area contributed by atoms with Gasteiger partial charge in [-0.2, -0.15) is 10.1 Å². The minimum absolute atomic E-state index is 0.268. The van der Waals surface area contributed by atoms with Gasteiger partial charge in [-0.15, -0.1) is 5.10 Å². The van der Waals surface area contributed by atoms with E-state index in [2.05, 4.69) is 25.6 Å². The fourth-order valence-electron chi connectivity index (χ4n) is 3.76. The number of hydrogen-bond donors (Lipinski definition) is 3. The zero-order valence-corrected chi connectivity index (χ0v) is 16.1. The van der Waals surface area contributed by atoms with Gasteiger partial charge >= 0.3 is 5.97 Å². The van der Waals surface area contributed by atoms with E-state index >= 15 is 0 Å². The average molecular weight is 397 g/mol. The molecule has 29 heavy (non-hydrogen) atoms. The van der Waals surface area contributed by atoms with Crippen molar-refractivity contribution in [2.24, 2.45) is 0 Å². The predicted octanol–water partition coefficient (Wildman–Crippen LogP) is 1.58. The van der Waals surface area contributed by atoms with E-state index in [4.69, 9.17) is 4.74 Å². The van der Waals surface area contributed by atoms with Gasteiger partial charge in [0, 0.05) is 36.8 Å². The first-order valence-electron chi connectivity index (χ1n) is 9.91. The van der Waals surface area contributed by atoms with E-state index in [0.717, 1.165) is 11.2 Å². The normalized spacial score (nSPS) is 21.7. The number of aliphatic hydroxyl groups is 1. The second kappa shape index (κ2) is 7.03. The molecule has 0 radical (unpaired) electrons. The molecule has 4 heterocycles. The molecule has 152 valence electrons. The lowest BCUT2D eigenvalue weighted by atomic mass is 10.2. The molecule has 3 aromatic heterocycles. The Hall–Kier alpha value is -3.14. The van der Waals surface area contributed by atoms with Crippen molar-refractivity contribution in [3.63, 3.8) is 0 Å². The summed E-state index contributed by atoms with van der Waals surface area (Å²) in [6.07, 6.45) is 3.84. The first-order chi connectivity index (χ1) is 14.1. The average Bonchev–Trinajstić information content (AvgIpc) is 3.10. The molecule has 2 atom stereocenters. The van der Waals surface area contributed by atoms with Crippen LogP contribution in [0.5, 0.6) is 0 Å². The number of aliphatic hydroxyl groups excluding tert-OH is 1. The monoisotopic (exact) mass is 397 g/mol. The quantitative estimate of drug-likeness (QED) is 0.536. The van der Waals surface area contributed by atoms with Crippen LogP contribution in [0.1, 0.15) is 37.8 Å². The van der Waals surface area contributed by atoms with Gasteiger partial charge in [-0.3, -0.25) is 5.10 Å². The Labute approximate surface area is 166 Å². The lowest BCUT2D eigenvalue weighted by molar-refractivity contribution is -0.144. The Balaban J connectivity index is 1.48. The van der Waals surface area contributed by atoms with Crippen molar-refractivity contribution in [2.75, 3.05) is 23.4 Å².